The maximum Gasteiger partial charge on any atom is 0.337 e. The van der Waals surface area contributed by atoms with E-state index in [1.54, 1.807) is 64.1 Å². The van der Waals surface area contributed by atoms with Crippen LogP contribution in [-0.2, 0) is 41.5 Å². The zero-order valence-electron chi connectivity index (χ0n) is 34.2. The Balaban J connectivity index is 0.000000491. The number of halogens is 2. The first kappa shape index (κ1) is 52.4. The number of ether oxygens (including phenoxy) is 4. The number of aliphatic hydroxyl groups excluding tert-OH is 2. The molecular formula is C44H52Cl2N2O12. The second-order valence-corrected chi connectivity index (χ2v) is 13.2. The summed E-state index contributed by atoms with van der Waals surface area (Å²) >= 11 is 5.34. The van der Waals surface area contributed by atoms with Crippen LogP contribution >= 0.6 is 24.0 Å². The van der Waals surface area contributed by atoms with Crippen molar-refractivity contribution in [3.63, 3.8) is 0 Å². The fourth-order valence-corrected chi connectivity index (χ4v) is 5.57. The van der Waals surface area contributed by atoms with Crippen LogP contribution in [0.25, 0.3) is 0 Å². The van der Waals surface area contributed by atoms with Gasteiger partial charge in [-0.25, -0.2) is 9.59 Å². The first-order valence-corrected chi connectivity index (χ1v) is 19.0. The molecule has 4 atom stereocenters. The molecule has 2 unspecified atom stereocenters. The minimum Gasteiger partial charge on any atom is -0.464 e. The molecule has 324 valence electrons. The molecule has 0 bridgehead atoms. The summed E-state index contributed by atoms with van der Waals surface area (Å²) < 4.78 is 19.6. The van der Waals surface area contributed by atoms with E-state index in [-0.39, 0.29) is 43.4 Å². The van der Waals surface area contributed by atoms with Crippen molar-refractivity contribution >= 4 is 59.0 Å². The van der Waals surface area contributed by atoms with Crippen molar-refractivity contribution in [2.75, 3.05) is 13.2 Å². The summed E-state index contributed by atoms with van der Waals surface area (Å²) in [6.07, 6.45) is -2.12. The molecule has 4 aromatic rings. The Kier molecular flexibility index (Phi) is 23.7. The van der Waals surface area contributed by atoms with Crippen LogP contribution < -0.4 is 20.5 Å². The molecule has 0 aliphatic rings. The highest BCUT2D eigenvalue weighted by Crippen LogP contribution is 2.23. The van der Waals surface area contributed by atoms with Gasteiger partial charge in [0.15, 0.2) is 12.2 Å². The van der Waals surface area contributed by atoms with Crippen molar-refractivity contribution < 1.29 is 57.9 Å². The summed E-state index contributed by atoms with van der Waals surface area (Å²) in [5.74, 6) is -2.25. The Morgan fingerprint density at radius 3 is 1.48 bits per heavy atom. The zero-order chi connectivity index (χ0) is 44.1. The smallest absolute Gasteiger partial charge is 0.337 e. The third-order valence-electron chi connectivity index (χ3n) is 8.30. The number of amides is 1. The first-order chi connectivity index (χ1) is 28.0. The highest BCUT2D eigenvalue weighted by molar-refractivity contribution is 6.68. The zero-order valence-corrected chi connectivity index (χ0v) is 35.8. The van der Waals surface area contributed by atoms with Gasteiger partial charge in [-0.05, 0) is 87.5 Å². The number of carbonyl (C=O) groups excluding carboxylic acids is 6. The second kappa shape index (κ2) is 27.2. The van der Waals surface area contributed by atoms with E-state index in [0.29, 0.717) is 28.9 Å². The van der Waals surface area contributed by atoms with Gasteiger partial charge in [0, 0.05) is 42.1 Å². The summed E-state index contributed by atoms with van der Waals surface area (Å²) in [6, 6.07) is 26.7. The third-order valence-corrected chi connectivity index (χ3v) is 8.51. The number of esters is 4. The van der Waals surface area contributed by atoms with Gasteiger partial charge in [-0.15, -0.1) is 12.4 Å². The van der Waals surface area contributed by atoms with Gasteiger partial charge in [0.25, 0.3) is 11.1 Å². The molecule has 0 aliphatic carbocycles. The van der Waals surface area contributed by atoms with Crippen LogP contribution in [0.5, 0.6) is 11.5 Å². The normalized spacial score (nSPS) is 12.1. The number of nitrogens with one attached hydrogen (secondary N) is 1. The summed E-state index contributed by atoms with van der Waals surface area (Å²) in [7, 11) is 0. The lowest BCUT2D eigenvalue weighted by Gasteiger charge is -2.23. The third kappa shape index (κ3) is 17.7. The Morgan fingerprint density at radius 2 is 1.05 bits per heavy atom. The molecule has 60 heavy (non-hydrogen) atoms. The molecule has 0 radical (unpaired) electrons. The van der Waals surface area contributed by atoms with Crippen LogP contribution in [-0.4, -0.2) is 82.7 Å². The average molecular weight is 872 g/mol. The van der Waals surface area contributed by atoms with E-state index in [1.165, 1.54) is 13.8 Å². The average Bonchev–Trinajstić information content (AvgIpc) is 3.19. The Labute approximate surface area is 360 Å². The van der Waals surface area contributed by atoms with Crippen molar-refractivity contribution in [3.05, 3.63) is 130 Å². The molecule has 1 amide bonds. The summed E-state index contributed by atoms with van der Waals surface area (Å²) in [5.41, 5.74) is 9.23. The quantitative estimate of drug-likeness (QED) is 0.0671. The lowest BCUT2D eigenvalue weighted by molar-refractivity contribution is -0.155. The van der Waals surface area contributed by atoms with Crippen LogP contribution in [0.3, 0.4) is 0 Å². The molecule has 0 saturated heterocycles. The Bertz CT molecular complexity index is 2020. The fraction of sp³-hybridized carbons (Fsp3) is 0.318. The standard InChI is InChI=1S/C22H25NO6.C12H17NO3.C10H9ClO3.ClH/c1-4-28-22(27)20(25)18(13-16-9-6-5-7-10-16)23-21(26)17-11-8-12-19(14(17)2)29-15(3)24;1-2-16-12(15)11(14)10(13)8-9-6-4-3-5-7-9;1-6-8(10(11)13)4-3-5-9(6)14-7(2)12;/h5-12,18,20,25H,4,13H2,1-3H3,(H,23,26);3-7,10-11,14H,2,8,13H2,1H3;3-5H,1-2H3;1H/t18?,20-;10?,11-;;/m00../s1. The van der Waals surface area contributed by atoms with Gasteiger partial charge < -0.3 is 40.2 Å². The van der Waals surface area contributed by atoms with Crippen LogP contribution in [0.15, 0.2) is 97.1 Å². The van der Waals surface area contributed by atoms with E-state index in [0.717, 1.165) is 11.1 Å². The van der Waals surface area contributed by atoms with Gasteiger partial charge in [0.1, 0.15) is 11.5 Å². The number of rotatable bonds is 15. The highest BCUT2D eigenvalue weighted by atomic mass is 35.5. The molecule has 0 spiro atoms. The predicted molar refractivity (Wildman–Crippen MR) is 227 cm³/mol. The van der Waals surface area contributed by atoms with Gasteiger partial charge in [-0.1, -0.05) is 72.8 Å². The van der Waals surface area contributed by atoms with Crippen LogP contribution in [0.1, 0.15) is 70.7 Å². The Morgan fingerprint density at radius 1 is 0.633 bits per heavy atom. The lowest BCUT2D eigenvalue weighted by atomic mass is 10.00. The van der Waals surface area contributed by atoms with Gasteiger partial charge >= 0.3 is 23.9 Å². The van der Waals surface area contributed by atoms with Crippen LogP contribution in [0, 0.1) is 13.8 Å². The van der Waals surface area contributed by atoms with Crippen molar-refractivity contribution in [3.8, 4) is 11.5 Å². The predicted octanol–water partition coefficient (Wildman–Crippen LogP) is 5.39. The molecular weight excluding hydrogens is 819 g/mol. The number of carbonyl (C=O) groups is 6. The summed E-state index contributed by atoms with van der Waals surface area (Å²) in [5, 5.41) is 22.2. The molecule has 4 rings (SSSR count). The van der Waals surface area contributed by atoms with Gasteiger partial charge in [-0.2, -0.15) is 0 Å². The number of benzene rings is 4. The maximum absolute atomic E-state index is 12.9. The SMILES string of the molecule is CC(=O)Oc1cccc(C(=O)Cl)c1C.CCOC(=O)[C@@H](O)C(Cc1ccccc1)NC(=O)c1cccc(OC(C)=O)c1C.CCOC(=O)[C@@H](O)C(N)Cc1ccccc1.Cl. The molecule has 14 nitrogen and oxygen atoms in total. The summed E-state index contributed by atoms with van der Waals surface area (Å²) in [6.45, 7) is 9.59. The number of nitrogens with two attached hydrogens (primary N) is 1. The molecule has 5 N–H and O–H groups in total. The molecule has 0 heterocycles. The molecule has 4 aromatic carbocycles. The van der Waals surface area contributed by atoms with E-state index in [9.17, 15) is 39.0 Å². The topological polar surface area (TPSA) is 218 Å². The fourth-order valence-electron chi connectivity index (χ4n) is 5.37. The van der Waals surface area contributed by atoms with E-state index >= 15 is 0 Å². The molecule has 0 saturated carbocycles. The first-order valence-electron chi connectivity index (χ1n) is 18.6. The van der Waals surface area contributed by atoms with Crippen molar-refractivity contribution in [1.29, 1.82) is 0 Å². The maximum atomic E-state index is 12.9. The van der Waals surface area contributed by atoms with E-state index in [2.05, 4.69) is 5.32 Å². The Hall–Kier alpha value is -5.64. The van der Waals surface area contributed by atoms with Crippen molar-refractivity contribution in [2.24, 2.45) is 5.73 Å². The van der Waals surface area contributed by atoms with Gasteiger partial charge in [0.05, 0.1) is 19.3 Å². The largest absolute Gasteiger partial charge is 0.464 e. The van der Waals surface area contributed by atoms with E-state index in [1.807, 2.05) is 60.7 Å². The molecule has 0 aromatic heterocycles. The second-order valence-electron chi connectivity index (χ2n) is 12.8. The number of hydrogen-bond donors (Lipinski definition) is 4. The number of hydrogen-bond acceptors (Lipinski definition) is 13. The van der Waals surface area contributed by atoms with Crippen LogP contribution in [0.2, 0.25) is 0 Å². The van der Waals surface area contributed by atoms with Crippen molar-refractivity contribution in [1.82, 2.24) is 5.32 Å². The minimum absolute atomic E-state index is 0. The summed E-state index contributed by atoms with van der Waals surface area (Å²) in [4.78, 5) is 69.0. The van der Waals surface area contributed by atoms with E-state index in [4.69, 9.17) is 36.3 Å². The highest BCUT2D eigenvalue weighted by Gasteiger charge is 2.30. The van der Waals surface area contributed by atoms with E-state index < -0.39 is 59.3 Å². The van der Waals surface area contributed by atoms with Crippen molar-refractivity contribution in [2.45, 2.75) is 78.7 Å². The molecule has 0 fully saturated rings. The monoisotopic (exact) mass is 870 g/mol. The number of aliphatic hydroxyl groups is 2. The van der Waals surface area contributed by atoms with Gasteiger partial charge in [-0.3, -0.25) is 19.2 Å². The molecule has 0 aliphatic heterocycles. The lowest BCUT2D eigenvalue weighted by Crippen LogP contribution is -2.49. The van der Waals surface area contributed by atoms with Crippen LogP contribution in [0.4, 0.5) is 0 Å². The molecule has 16 heteroatoms. The van der Waals surface area contributed by atoms with Gasteiger partial charge in [0.2, 0.25) is 0 Å². The minimum atomic E-state index is -1.53.